The van der Waals surface area contributed by atoms with Crippen LogP contribution in [0.1, 0.15) is 21.2 Å². The van der Waals surface area contributed by atoms with Crippen LogP contribution in [0.4, 0.5) is 15.8 Å². The van der Waals surface area contributed by atoms with Crippen LogP contribution in [0.25, 0.3) is 10.8 Å². The standard InChI is InChI=1S/C31H23FN2O2S/c32-27-15-6-7-16-28(27)34-31(36)29(22-10-2-1-3-11-22)37-26-14-8-13-25(20-26)33-30(35)24-18-17-21-9-4-5-12-23(21)19-24/h1-20,29H,(H,33,35)(H,34,36). The largest absolute Gasteiger partial charge is 0.322 e. The highest BCUT2D eigenvalue weighted by Crippen LogP contribution is 2.37. The van der Waals surface area contributed by atoms with Crippen molar-refractivity contribution >= 4 is 45.7 Å². The zero-order valence-corrected chi connectivity index (χ0v) is 20.5. The summed E-state index contributed by atoms with van der Waals surface area (Å²) in [6.07, 6.45) is 0. The minimum Gasteiger partial charge on any atom is -0.322 e. The maximum Gasteiger partial charge on any atom is 0.255 e. The van der Waals surface area contributed by atoms with Crippen LogP contribution in [0, 0.1) is 5.82 Å². The molecule has 2 N–H and O–H groups in total. The summed E-state index contributed by atoms with van der Waals surface area (Å²) in [5.74, 6) is -1.05. The quantitative estimate of drug-likeness (QED) is 0.222. The van der Waals surface area contributed by atoms with Gasteiger partial charge >= 0.3 is 0 Å². The predicted octanol–water partition coefficient (Wildman–Crippen LogP) is 7.70. The van der Waals surface area contributed by atoms with Crippen molar-refractivity contribution in [1.82, 2.24) is 0 Å². The van der Waals surface area contributed by atoms with E-state index >= 15 is 0 Å². The molecule has 0 heterocycles. The normalized spacial score (nSPS) is 11.6. The highest BCUT2D eigenvalue weighted by Gasteiger charge is 2.23. The SMILES string of the molecule is O=C(Nc1cccc(SC(C(=O)Nc2ccccc2F)c2ccccc2)c1)c1ccc2ccccc2c1. The van der Waals surface area contributed by atoms with Gasteiger partial charge in [-0.3, -0.25) is 9.59 Å². The number of carbonyl (C=O) groups is 2. The number of halogens is 1. The van der Waals surface area contributed by atoms with Crippen molar-refractivity contribution in [3.05, 3.63) is 138 Å². The van der Waals surface area contributed by atoms with E-state index in [0.717, 1.165) is 21.2 Å². The minimum absolute atomic E-state index is 0.130. The van der Waals surface area contributed by atoms with Crippen LogP contribution in [0.2, 0.25) is 0 Å². The molecule has 0 radical (unpaired) electrons. The zero-order valence-electron chi connectivity index (χ0n) is 19.7. The van der Waals surface area contributed by atoms with Gasteiger partial charge < -0.3 is 10.6 Å². The van der Waals surface area contributed by atoms with Crippen molar-refractivity contribution in [2.24, 2.45) is 0 Å². The first-order valence-corrected chi connectivity index (χ1v) is 12.6. The van der Waals surface area contributed by atoms with Crippen LogP contribution < -0.4 is 10.6 Å². The minimum atomic E-state index is -0.632. The van der Waals surface area contributed by atoms with Gasteiger partial charge in [0.25, 0.3) is 5.91 Å². The molecular weight excluding hydrogens is 483 g/mol. The molecule has 0 spiro atoms. The molecule has 1 unspecified atom stereocenters. The summed E-state index contributed by atoms with van der Waals surface area (Å²) in [4.78, 5) is 27.0. The van der Waals surface area contributed by atoms with E-state index in [9.17, 15) is 14.0 Å². The average molecular weight is 507 g/mol. The van der Waals surface area contributed by atoms with Gasteiger partial charge in [0.15, 0.2) is 0 Å². The average Bonchev–Trinajstić information content (AvgIpc) is 2.93. The molecule has 0 bridgehead atoms. The Hall–Kier alpha value is -4.42. The van der Waals surface area contributed by atoms with Gasteiger partial charge in [0.2, 0.25) is 5.91 Å². The van der Waals surface area contributed by atoms with Gasteiger partial charge in [0.1, 0.15) is 11.1 Å². The highest BCUT2D eigenvalue weighted by atomic mass is 32.2. The second-order valence-corrected chi connectivity index (χ2v) is 9.60. The van der Waals surface area contributed by atoms with E-state index in [2.05, 4.69) is 10.6 Å². The Balaban J connectivity index is 1.36. The third-order valence-corrected chi connectivity index (χ3v) is 7.08. The number of carbonyl (C=O) groups excluding carboxylic acids is 2. The number of para-hydroxylation sites is 1. The van der Waals surface area contributed by atoms with Crippen molar-refractivity contribution in [3.63, 3.8) is 0 Å². The maximum atomic E-state index is 14.2. The Morgan fingerprint density at radius 1 is 0.676 bits per heavy atom. The van der Waals surface area contributed by atoms with Gasteiger partial charge in [0.05, 0.1) is 5.69 Å². The fraction of sp³-hybridized carbons (Fsp3) is 0.0323. The number of hydrogen-bond donors (Lipinski definition) is 2. The molecular formula is C31H23FN2O2S. The molecule has 182 valence electrons. The van der Waals surface area contributed by atoms with Crippen LogP contribution in [-0.4, -0.2) is 11.8 Å². The number of amides is 2. The Bertz CT molecular complexity index is 1570. The zero-order chi connectivity index (χ0) is 25.6. The second kappa shape index (κ2) is 11.1. The van der Waals surface area contributed by atoms with E-state index in [1.807, 2.05) is 84.9 Å². The summed E-state index contributed by atoms with van der Waals surface area (Å²) in [5.41, 5.74) is 2.09. The van der Waals surface area contributed by atoms with Crippen LogP contribution >= 0.6 is 11.8 Å². The number of thioether (sulfide) groups is 1. The molecule has 0 saturated carbocycles. The van der Waals surface area contributed by atoms with Crippen molar-refractivity contribution in [1.29, 1.82) is 0 Å². The molecule has 5 aromatic rings. The summed E-state index contributed by atoms with van der Waals surface area (Å²) in [6, 6.07) is 36.2. The molecule has 2 amide bonds. The van der Waals surface area contributed by atoms with Gasteiger partial charge in [-0.1, -0.05) is 78.9 Å². The summed E-state index contributed by atoms with van der Waals surface area (Å²) < 4.78 is 14.2. The summed E-state index contributed by atoms with van der Waals surface area (Å²) in [6.45, 7) is 0. The number of anilines is 2. The van der Waals surface area contributed by atoms with E-state index in [-0.39, 0.29) is 17.5 Å². The lowest BCUT2D eigenvalue weighted by atomic mass is 10.1. The van der Waals surface area contributed by atoms with Crippen molar-refractivity contribution in [3.8, 4) is 0 Å². The Kier molecular flexibility index (Phi) is 7.28. The summed E-state index contributed by atoms with van der Waals surface area (Å²) in [7, 11) is 0. The van der Waals surface area contributed by atoms with Crippen molar-refractivity contribution < 1.29 is 14.0 Å². The molecule has 5 rings (SSSR count). The number of hydrogen-bond acceptors (Lipinski definition) is 3. The first kappa shape index (κ1) is 24.3. The van der Waals surface area contributed by atoms with E-state index in [1.54, 1.807) is 24.3 Å². The molecule has 6 heteroatoms. The Morgan fingerprint density at radius 3 is 2.22 bits per heavy atom. The van der Waals surface area contributed by atoms with Crippen molar-refractivity contribution in [2.75, 3.05) is 10.6 Å². The van der Waals surface area contributed by atoms with Crippen LogP contribution in [0.15, 0.2) is 126 Å². The van der Waals surface area contributed by atoms with Gasteiger partial charge in [-0.15, -0.1) is 11.8 Å². The second-order valence-electron chi connectivity index (χ2n) is 8.42. The van der Waals surface area contributed by atoms with Gasteiger partial charge in [-0.2, -0.15) is 0 Å². The summed E-state index contributed by atoms with van der Waals surface area (Å²) in [5, 5.41) is 7.09. The highest BCUT2D eigenvalue weighted by molar-refractivity contribution is 8.00. The smallest absolute Gasteiger partial charge is 0.255 e. The lowest BCUT2D eigenvalue weighted by Gasteiger charge is -2.18. The predicted molar refractivity (Wildman–Crippen MR) is 148 cm³/mol. The molecule has 1 atom stereocenters. The van der Waals surface area contributed by atoms with E-state index in [1.165, 1.54) is 23.9 Å². The molecule has 4 nitrogen and oxygen atoms in total. The first-order valence-electron chi connectivity index (χ1n) is 11.7. The topological polar surface area (TPSA) is 58.2 Å². The van der Waals surface area contributed by atoms with Gasteiger partial charge in [-0.25, -0.2) is 4.39 Å². The molecule has 5 aromatic carbocycles. The molecule has 0 saturated heterocycles. The number of fused-ring (bicyclic) bond motifs is 1. The van der Waals surface area contributed by atoms with E-state index in [0.29, 0.717) is 11.3 Å². The number of nitrogens with one attached hydrogen (secondary N) is 2. The third-order valence-electron chi connectivity index (χ3n) is 5.83. The third kappa shape index (κ3) is 5.88. The summed E-state index contributed by atoms with van der Waals surface area (Å²) >= 11 is 1.33. The molecule has 0 aliphatic carbocycles. The maximum absolute atomic E-state index is 14.2. The molecule has 0 aromatic heterocycles. The Morgan fingerprint density at radius 2 is 1.41 bits per heavy atom. The van der Waals surface area contributed by atoms with Crippen LogP contribution in [0.5, 0.6) is 0 Å². The first-order chi connectivity index (χ1) is 18.1. The van der Waals surface area contributed by atoms with Crippen LogP contribution in [-0.2, 0) is 4.79 Å². The van der Waals surface area contributed by atoms with Gasteiger partial charge in [0, 0.05) is 16.1 Å². The van der Waals surface area contributed by atoms with E-state index < -0.39 is 11.1 Å². The Labute approximate surface area is 218 Å². The van der Waals surface area contributed by atoms with Crippen molar-refractivity contribution in [2.45, 2.75) is 10.1 Å². The van der Waals surface area contributed by atoms with Gasteiger partial charge in [-0.05, 0) is 58.8 Å². The number of rotatable bonds is 7. The van der Waals surface area contributed by atoms with Crippen LogP contribution in [0.3, 0.4) is 0 Å². The lowest BCUT2D eigenvalue weighted by molar-refractivity contribution is -0.115. The fourth-order valence-electron chi connectivity index (χ4n) is 3.98. The molecule has 37 heavy (non-hydrogen) atoms. The monoisotopic (exact) mass is 506 g/mol. The lowest BCUT2D eigenvalue weighted by Crippen LogP contribution is -2.19. The number of benzene rings is 5. The molecule has 0 aliphatic heterocycles. The van der Waals surface area contributed by atoms with E-state index in [4.69, 9.17) is 0 Å². The molecule has 0 fully saturated rings. The molecule has 0 aliphatic rings. The fourth-order valence-corrected chi connectivity index (χ4v) is 5.06.